The number of carbonyl (C=O) groups excluding carboxylic acids is 1. The molecule has 2 aromatic rings. The van der Waals surface area contributed by atoms with Crippen molar-refractivity contribution in [3.63, 3.8) is 0 Å². The summed E-state index contributed by atoms with van der Waals surface area (Å²) in [6.45, 7) is 2.92. The van der Waals surface area contributed by atoms with Crippen LogP contribution in [0.4, 0.5) is 0 Å². The van der Waals surface area contributed by atoms with Crippen molar-refractivity contribution in [2.75, 3.05) is 33.2 Å². The summed E-state index contributed by atoms with van der Waals surface area (Å²) in [7, 11) is 2.04. The molecule has 0 aromatic heterocycles. The molecule has 1 N–H and O–H groups in total. The van der Waals surface area contributed by atoms with E-state index in [4.69, 9.17) is 0 Å². The van der Waals surface area contributed by atoms with E-state index in [1.54, 1.807) is 29.2 Å². The summed E-state index contributed by atoms with van der Waals surface area (Å²) in [6, 6.07) is 18.4. The second kappa shape index (κ2) is 6.52. The van der Waals surface area contributed by atoms with Crippen molar-refractivity contribution < 1.29 is 9.90 Å². The molecule has 4 nitrogen and oxygen atoms in total. The highest BCUT2D eigenvalue weighted by Gasteiger charge is 2.43. The van der Waals surface area contributed by atoms with E-state index in [0.717, 1.165) is 13.1 Å². The molecule has 0 spiro atoms. The zero-order chi connectivity index (χ0) is 16.3. The summed E-state index contributed by atoms with van der Waals surface area (Å²) in [5.74, 6) is -0.247. The number of hydrogen-bond acceptors (Lipinski definition) is 3. The molecule has 1 saturated heterocycles. The molecule has 120 valence electrons. The van der Waals surface area contributed by atoms with Gasteiger partial charge < -0.3 is 14.9 Å². The Hall–Kier alpha value is -2.17. The van der Waals surface area contributed by atoms with E-state index in [2.05, 4.69) is 4.90 Å². The van der Waals surface area contributed by atoms with Gasteiger partial charge in [-0.25, -0.2) is 0 Å². The Labute approximate surface area is 137 Å². The first-order valence-corrected chi connectivity index (χ1v) is 7.93. The molecule has 3 rings (SSSR count). The Morgan fingerprint density at radius 1 is 0.870 bits per heavy atom. The lowest BCUT2D eigenvalue weighted by Gasteiger charge is -2.38. The number of hydrogen-bond donors (Lipinski definition) is 1. The number of likely N-dealkylation sites (N-methyl/N-ethyl adjacent to an activating group) is 1. The molecule has 0 unspecified atom stereocenters. The first-order valence-electron chi connectivity index (χ1n) is 7.93. The van der Waals surface area contributed by atoms with E-state index >= 15 is 0 Å². The number of piperazine rings is 1. The second-order valence-corrected chi connectivity index (χ2v) is 6.04. The number of amides is 1. The molecule has 1 fully saturated rings. The molecular weight excluding hydrogens is 288 g/mol. The summed E-state index contributed by atoms with van der Waals surface area (Å²) < 4.78 is 0. The third-order valence-corrected chi connectivity index (χ3v) is 4.48. The van der Waals surface area contributed by atoms with Crippen molar-refractivity contribution in [2.24, 2.45) is 0 Å². The Kier molecular flexibility index (Phi) is 4.46. The lowest BCUT2D eigenvalue weighted by molar-refractivity contribution is -0.149. The number of nitrogens with zero attached hydrogens (tertiary/aromatic N) is 2. The van der Waals surface area contributed by atoms with Crippen LogP contribution in [-0.4, -0.2) is 54.0 Å². The van der Waals surface area contributed by atoms with Crippen LogP contribution in [0, 0.1) is 0 Å². The lowest BCUT2D eigenvalue weighted by atomic mass is 9.85. The number of carbonyl (C=O) groups is 1. The minimum atomic E-state index is -1.64. The lowest BCUT2D eigenvalue weighted by Crippen LogP contribution is -2.54. The third-order valence-electron chi connectivity index (χ3n) is 4.48. The maximum atomic E-state index is 13.2. The van der Waals surface area contributed by atoms with Crippen LogP contribution in [0.25, 0.3) is 0 Å². The highest BCUT2D eigenvalue weighted by Crippen LogP contribution is 2.32. The normalized spacial score (nSPS) is 16.3. The average molecular weight is 310 g/mol. The molecule has 0 aliphatic carbocycles. The minimum absolute atomic E-state index is 0.247. The molecule has 0 atom stereocenters. The molecule has 1 amide bonds. The predicted molar refractivity (Wildman–Crippen MR) is 90.0 cm³/mol. The van der Waals surface area contributed by atoms with Gasteiger partial charge in [0.1, 0.15) is 0 Å². The van der Waals surface area contributed by atoms with Crippen LogP contribution in [0.15, 0.2) is 60.7 Å². The van der Waals surface area contributed by atoms with Crippen molar-refractivity contribution in [3.05, 3.63) is 71.8 Å². The molecule has 0 saturated carbocycles. The van der Waals surface area contributed by atoms with Crippen LogP contribution in [0.2, 0.25) is 0 Å². The molecule has 2 aromatic carbocycles. The number of aliphatic hydroxyl groups is 1. The predicted octanol–water partition coefficient (Wildman–Crippen LogP) is 1.70. The van der Waals surface area contributed by atoms with Crippen molar-refractivity contribution in [3.8, 4) is 0 Å². The van der Waals surface area contributed by atoms with Gasteiger partial charge in [-0.2, -0.15) is 0 Å². The molecule has 4 heteroatoms. The van der Waals surface area contributed by atoms with E-state index in [1.165, 1.54) is 0 Å². The SMILES string of the molecule is CN1CCN(C(=O)C(O)(c2ccccc2)c2ccccc2)CC1. The first kappa shape index (κ1) is 15.7. The first-order chi connectivity index (χ1) is 11.1. The van der Waals surface area contributed by atoms with Gasteiger partial charge in [-0.15, -0.1) is 0 Å². The minimum Gasteiger partial charge on any atom is -0.372 e. The van der Waals surface area contributed by atoms with Gasteiger partial charge in [0.05, 0.1) is 0 Å². The summed E-state index contributed by atoms with van der Waals surface area (Å²) in [4.78, 5) is 17.1. The monoisotopic (exact) mass is 310 g/mol. The number of benzene rings is 2. The molecule has 1 aliphatic rings. The smallest absolute Gasteiger partial charge is 0.264 e. The fourth-order valence-corrected chi connectivity index (χ4v) is 3.01. The van der Waals surface area contributed by atoms with Gasteiger partial charge in [0, 0.05) is 26.2 Å². The Morgan fingerprint density at radius 2 is 1.30 bits per heavy atom. The summed E-state index contributed by atoms with van der Waals surface area (Å²) in [6.07, 6.45) is 0. The Morgan fingerprint density at radius 3 is 1.74 bits per heavy atom. The van der Waals surface area contributed by atoms with Gasteiger partial charge in [0.2, 0.25) is 0 Å². The van der Waals surface area contributed by atoms with E-state index in [9.17, 15) is 9.90 Å². The van der Waals surface area contributed by atoms with Crippen LogP contribution in [0.1, 0.15) is 11.1 Å². The van der Waals surface area contributed by atoms with Crippen molar-refractivity contribution >= 4 is 5.91 Å². The van der Waals surface area contributed by atoms with Crippen LogP contribution in [0.5, 0.6) is 0 Å². The van der Waals surface area contributed by atoms with Gasteiger partial charge in [0.15, 0.2) is 5.60 Å². The molecule has 1 aliphatic heterocycles. The standard InChI is InChI=1S/C19H22N2O2/c1-20-12-14-21(15-13-20)18(22)19(23,16-8-4-2-5-9-16)17-10-6-3-7-11-17/h2-11,23H,12-15H2,1H3. The molecule has 23 heavy (non-hydrogen) atoms. The van der Waals surface area contributed by atoms with Crippen LogP contribution in [0.3, 0.4) is 0 Å². The van der Waals surface area contributed by atoms with E-state index < -0.39 is 5.60 Å². The summed E-state index contributed by atoms with van der Waals surface area (Å²) in [5.41, 5.74) is -0.427. The van der Waals surface area contributed by atoms with Gasteiger partial charge in [0.25, 0.3) is 5.91 Å². The fourth-order valence-electron chi connectivity index (χ4n) is 3.01. The van der Waals surface area contributed by atoms with E-state index in [-0.39, 0.29) is 5.91 Å². The van der Waals surface area contributed by atoms with E-state index in [1.807, 2.05) is 43.4 Å². The van der Waals surface area contributed by atoms with Gasteiger partial charge in [-0.3, -0.25) is 4.79 Å². The highest BCUT2D eigenvalue weighted by molar-refractivity contribution is 5.90. The van der Waals surface area contributed by atoms with Gasteiger partial charge in [-0.05, 0) is 18.2 Å². The van der Waals surface area contributed by atoms with Crippen molar-refractivity contribution in [1.82, 2.24) is 9.80 Å². The molecule has 0 radical (unpaired) electrons. The van der Waals surface area contributed by atoms with Gasteiger partial charge in [-0.1, -0.05) is 60.7 Å². The van der Waals surface area contributed by atoms with Crippen molar-refractivity contribution in [2.45, 2.75) is 5.60 Å². The fraction of sp³-hybridized carbons (Fsp3) is 0.316. The molecule has 1 heterocycles. The second-order valence-electron chi connectivity index (χ2n) is 6.04. The largest absolute Gasteiger partial charge is 0.372 e. The van der Waals surface area contributed by atoms with Crippen LogP contribution in [-0.2, 0) is 10.4 Å². The third kappa shape index (κ3) is 3.00. The summed E-state index contributed by atoms with van der Waals surface area (Å²) >= 11 is 0. The zero-order valence-corrected chi connectivity index (χ0v) is 13.4. The van der Waals surface area contributed by atoms with Crippen molar-refractivity contribution in [1.29, 1.82) is 0 Å². The average Bonchev–Trinajstić information content (AvgIpc) is 2.62. The van der Waals surface area contributed by atoms with Crippen LogP contribution < -0.4 is 0 Å². The molecule has 0 bridgehead atoms. The van der Waals surface area contributed by atoms with E-state index in [0.29, 0.717) is 24.2 Å². The highest BCUT2D eigenvalue weighted by atomic mass is 16.3. The maximum absolute atomic E-state index is 13.2. The Bertz CT molecular complexity index is 610. The summed E-state index contributed by atoms with van der Waals surface area (Å²) in [5, 5.41) is 11.4. The number of rotatable bonds is 3. The van der Waals surface area contributed by atoms with Gasteiger partial charge >= 0.3 is 0 Å². The maximum Gasteiger partial charge on any atom is 0.264 e. The molecular formula is C19H22N2O2. The van der Waals surface area contributed by atoms with Crippen LogP contribution >= 0.6 is 0 Å². The topological polar surface area (TPSA) is 43.8 Å². The Balaban J connectivity index is 2.01. The quantitative estimate of drug-likeness (QED) is 0.938. The zero-order valence-electron chi connectivity index (χ0n) is 13.4.